The van der Waals surface area contributed by atoms with E-state index in [2.05, 4.69) is 20.7 Å². The number of hydrogen-bond donors (Lipinski definition) is 2. The largest absolute Gasteiger partial charge is 0.387 e. The molecular formula is C13H21BrN2O3S. The van der Waals surface area contributed by atoms with Crippen LogP contribution in [0.25, 0.3) is 0 Å². The number of nitrogens with zero attached hydrogens (tertiary/aromatic N) is 1. The molecule has 0 heterocycles. The van der Waals surface area contributed by atoms with Gasteiger partial charge in [0.15, 0.2) is 0 Å². The van der Waals surface area contributed by atoms with Crippen LogP contribution in [-0.4, -0.2) is 51.2 Å². The third-order valence-electron chi connectivity index (χ3n) is 2.68. The molecule has 0 aliphatic carbocycles. The number of hydrogen-bond acceptors (Lipinski definition) is 4. The molecule has 0 saturated heterocycles. The summed E-state index contributed by atoms with van der Waals surface area (Å²) < 4.78 is 27.4. The monoisotopic (exact) mass is 364 g/mol. The average molecular weight is 365 g/mol. The van der Waals surface area contributed by atoms with Crippen LogP contribution in [0, 0.1) is 6.92 Å². The summed E-state index contributed by atoms with van der Waals surface area (Å²) in [6, 6.07) is 5.02. The van der Waals surface area contributed by atoms with E-state index in [1.807, 2.05) is 21.0 Å². The summed E-state index contributed by atoms with van der Waals surface area (Å²) in [6.07, 6.45) is 0. The normalized spacial score (nSPS) is 15.3. The van der Waals surface area contributed by atoms with Gasteiger partial charge < -0.3 is 10.0 Å². The lowest BCUT2D eigenvalue weighted by atomic mass is 10.1. The van der Waals surface area contributed by atoms with Crippen molar-refractivity contribution in [2.45, 2.75) is 24.3 Å². The van der Waals surface area contributed by atoms with Gasteiger partial charge in [0.25, 0.3) is 0 Å². The smallest absolute Gasteiger partial charge is 0.241 e. The maximum absolute atomic E-state index is 12.2. The Morgan fingerprint density at radius 3 is 2.50 bits per heavy atom. The van der Waals surface area contributed by atoms with Crippen molar-refractivity contribution in [1.29, 1.82) is 0 Å². The fraction of sp³-hybridized carbons (Fsp3) is 0.538. The zero-order valence-electron chi connectivity index (χ0n) is 12.1. The van der Waals surface area contributed by atoms with Gasteiger partial charge in [-0.1, -0.05) is 6.07 Å². The molecule has 0 fully saturated rings. The third kappa shape index (κ3) is 5.14. The molecule has 0 spiro atoms. The van der Waals surface area contributed by atoms with Crippen molar-refractivity contribution < 1.29 is 13.5 Å². The SMILES string of the molecule is Cc1ccc(S(=O)(=O)NCC(C)(O)CN(C)C)c(Br)c1. The first-order chi connectivity index (χ1) is 9.03. The second-order valence-electron chi connectivity index (χ2n) is 5.49. The summed E-state index contributed by atoms with van der Waals surface area (Å²) >= 11 is 3.25. The van der Waals surface area contributed by atoms with Crippen LogP contribution in [-0.2, 0) is 10.0 Å². The minimum atomic E-state index is -3.65. The van der Waals surface area contributed by atoms with Gasteiger partial charge in [0, 0.05) is 17.6 Å². The second-order valence-corrected chi connectivity index (χ2v) is 8.08. The number of aliphatic hydroxyl groups is 1. The van der Waals surface area contributed by atoms with Gasteiger partial charge in [-0.2, -0.15) is 0 Å². The standard InChI is InChI=1S/C13H21BrN2O3S/c1-10-5-6-12(11(14)7-10)20(18,19)15-8-13(2,17)9-16(3)4/h5-7,15,17H,8-9H2,1-4H3. The summed E-state index contributed by atoms with van der Waals surface area (Å²) in [6.45, 7) is 3.80. The molecule has 1 rings (SSSR count). The minimum Gasteiger partial charge on any atom is -0.387 e. The minimum absolute atomic E-state index is 0.0478. The molecule has 2 N–H and O–H groups in total. The molecule has 0 bridgehead atoms. The van der Waals surface area contributed by atoms with Crippen LogP contribution in [0.3, 0.4) is 0 Å². The first-order valence-electron chi connectivity index (χ1n) is 6.16. The van der Waals surface area contributed by atoms with Crippen molar-refractivity contribution in [3.05, 3.63) is 28.2 Å². The molecule has 0 aliphatic rings. The number of aryl methyl sites for hydroxylation is 1. The number of nitrogens with one attached hydrogen (secondary N) is 1. The molecule has 5 nitrogen and oxygen atoms in total. The first-order valence-corrected chi connectivity index (χ1v) is 8.44. The van der Waals surface area contributed by atoms with Crippen LogP contribution >= 0.6 is 15.9 Å². The summed E-state index contributed by atoms with van der Waals surface area (Å²) in [5, 5.41) is 10.1. The summed E-state index contributed by atoms with van der Waals surface area (Å²) in [4.78, 5) is 1.97. The number of benzene rings is 1. The lowest BCUT2D eigenvalue weighted by Gasteiger charge is -2.27. The Bertz CT molecular complexity index is 571. The van der Waals surface area contributed by atoms with E-state index in [9.17, 15) is 13.5 Å². The van der Waals surface area contributed by atoms with E-state index < -0.39 is 15.6 Å². The van der Waals surface area contributed by atoms with Crippen LogP contribution < -0.4 is 4.72 Å². The molecular weight excluding hydrogens is 344 g/mol. The molecule has 20 heavy (non-hydrogen) atoms. The van der Waals surface area contributed by atoms with Crippen molar-refractivity contribution >= 4 is 26.0 Å². The van der Waals surface area contributed by atoms with Gasteiger partial charge in [0.05, 0.1) is 10.5 Å². The Morgan fingerprint density at radius 1 is 1.40 bits per heavy atom. The maximum Gasteiger partial charge on any atom is 0.241 e. The first kappa shape index (κ1) is 17.6. The van der Waals surface area contributed by atoms with Gasteiger partial charge in [0.2, 0.25) is 10.0 Å². The Morgan fingerprint density at radius 2 is 2.00 bits per heavy atom. The highest BCUT2D eigenvalue weighted by molar-refractivity contribution is 9.10. The predicted octanol–water partition coefficient (Wildman–Crippen LogP) is 1.35. The number of sulfonamides is 1. The van der Waals surface area contributed by atoms with Gasteiger partial charge in [-0.05, 0) is 61.6 Å². The highest BCUT2D eigenvalue weighted by Gasteiger charge is 2.25. The van der Waals surface area contributed by atoms with Crippen molar-refractivity contribution in [2.24, 2.45) is 0 Å². The number of likely N-dealkylation sites (N-methyl/N-ethyl adjacent to an activating group) is 1. The van der Waals surface area contributed by atoms with E-state index in [1.54, 1.807) is 30.0 Å². The van der Waals surface area contributed by atoms with E-state index in [0.29, 0.717) is 11.0 Å². The van der Waals surface area contributed by atoms with Crippen LogP contribution in [0.5, 0.6) is 0 Å². The van der Waals surface area contributed by atoms with Crippen molar-refractivity contribution in [2.75, 3.05) is 27.2 Å². The molecule has 1 atom stereocenters. The topological polar surface area (TPSA) is 69.6 Å². The Kier molecular flexibility index (Phi) is 5.74. The summed E-state index contributed by atoms with van der Waals surface area (Å²) in [7, 11) is -0.0141. The average Bonchev–Trinajstić information content (AvgIpc) is 2.24. The number of halogens is 1. The third-order valence-corrected chi connectivity index (χ3v) is 5.05. The lowest BCUT2D eigenvalue weighted by molar-refractivity contribution is 0.0386. The van der Waals surface area contributed by atoms with Gasteiger partial charge >= 0.3 is 0 Å². The van der Waals surface area contributed by atoms with E-state index in [-0.39, 0.29) is 11.4 Å². The Balaban J connectivity index is 2.85. The molecule has 1 aromatic carbocycles. The fourth-order valence-corrected chi connectivity index (χ4v) is 4.24. The summed E-state index contributed by atoms with van der Waals surface area (Å²) in [5.74, 6) is 0. The summed E-state index contributed by atoms with van der Waals surface area (Å²) in [5.41, 5.74) is -0.163. The Labute approximate surface area is 129 Å². The van der Waals surface area contributed by atoms with Gasteiger partial charge in [-0.25, -0.2) is 13.1 Å². The molecule has 1 aromatic rings. The van der Waals surface area contributed by atoms with Gasteiger partial charge in [0.1, 0.15) is 0 Å². The number of rotatable bonds is 6. The zero-order chi connectivity index (χ0) is 15.6. The van der Waals surface area contributed by atoms with E-state index in [1.165, 1.54) is 0 Å². The molecule has 114 valence electrons. The quantitative estimate of drug-likeness (QED) is 0.799. The molecule has 0 aromatic heterocycles. The van der Waals surface area contributed by atoms with E-state index in [0.717, 1.165) is 5.56 Å². The van der Waals surface area contributed by atoms with Crippen LogP contribution in [0.4, 0.5) is 0 Å². The maximum atomic E-state index is 12.2. The molecule has 0 amide bonds. The van der Waals surface area contributed by atoms with Crippen molar-refractivity contribution in [3.8, 4) is 0 Å². The van der Waals surface area contributed by atoms with E-state index in [4.69, 9.17) is 0 Å². The molecule has 7 heteroatoms. The highest BCUT2D eigenvalue weighted by Crippen LogP contribution is 2.23. The predicted molar refractivity (Wildman–Crippen MR) is 83.2 cm³/mol. The van der Waals surface area contributed by atoms with Crippen molar-refractivity contribution in [1.82, 2.24) is 9.62 Å². The van der Waals surface area contributed by atoms with Crippen LogP contribution in [0.2, 0.25) is 0 Å². The molecule has 0 aliphatic heterocycles. The van der Waals surface area contributed by atoms with Gasteiger partial charge in [-0.3, -0.25) is 0 Å². The molecule has 1 unspecified atom stereocenters. The molecule has 0 radical (unpaired) electrons. The van der Waals surface area contributed by atoms with Crippen molar-refractivity contribution in [3.63, 3.8) is 0 Å². The van der Waals surface area contributed by atoms with Crippen LogP contribution in [0.15, 0.2) is 27.6 Å². The lowest BCUT2D eigenvalue weighted by Crippen LogP contribution is -2.47. The van der Waals surface area contributed by atoms with Crippen LogP contribution in [0.1, 0.15) is 12.5 Å². The Hall–Kier alpha value is -0.470. The van der Waals surface area contributed by atoms with E-state index >= 15 is 0 Å². The van der Waals surface area contributed by atoms with Gasteiger partial charge in [-0.15, -0.1) is 0 Å². The fourth-order valence-electron chi connectivity index (χ4n) is 1.89. The highest BCUT2D eigenvalue weighted by atomic mass is 79.9. The molecule has 0 saturated carbocycles. The zero-order valence-corrected chi connectivity index (χ0v) is 14.5. The second kappa shape index (κ2) is 6.53.